The molecular formula is C22H28N4O3. The van der Waals surface area contributed by atoms with E-state index in [0.29, 0.717) is 31.3 Å². The lowest BCUT2D eigenvalue weighted by Gasteiger charge is -2.46. The summed E-state index contributed by atoms with van der Waals surface area (Å²) in [6.07, 6.45) is 11.6. The third kappa shape index (κ3) is 4.90. The summed E-state index contributed by atoms with van der Waals surface area (Å²) >= 11 is 0. The van der Waals surface area contributed by atoms with Gasteiger partial charge in [-0.1, -0.05) is 0 Å². The van der Waals surface area contributed by atoms with Crippen molar-refractivity contribution in [3.8, 4) is 5.75 Å². The van der Waals surface area contributed by atoms with Crippen LogP contribution in [0.4, 0.5) is 0 Å². The van der Waals surface area contributed by atoms with Crippen molar-refractivity contribution in [1.29, 1.82) is 0 Å². The van der Waals surface area contributed by atoms with Gasteiger partial charge in [0.25, 0.3) is 5.91 Å². The zero-order valence-electron chi connectivity index (χ0n) is 16.9. The highest BCUT2D eigenvalue weighted by Gasteiger charge is 2.41. The molecule has 1 unspecified atom stereocenters. The van der Waals surface area contributed by atoms with Crippen molar-refractivity contribution in [2.24, 2.45) is 5.92 Å². The second kappa shape index (κ2) is 8.86. The van der Waals surface area contributed by atoms with Gasteiger partial charge in [0.1, 0.15) is 11.4 Å². The van der Waals surface area contributed by atoms with Crippen LogP contribution in [0.15, 0.2) is 36.9 Å². The quantitative estimate of drug-likeness (QED) is 0.773. The summed E-state index contributed by atoms with van der Waals surface area (Å²) in [5, 5.41) is 0. The minimum atomic E-state index is -0.102. The Bertz CT molecular complexity index is 805. The second-order valence-corrected chi connectivity index (χ2v) is 8.05. The fourth-order valence-electron chi connectivity index (χ4n) is 4.28. The SMILES string of the molecule is Cc1cnc(C(=O)N2CCC3(CC2)CC(CCOc2ccncc2)CCO3)cn1. The third-order valence-corrected chi connectivity index (χ3v) is 6.00. The highest BCUT2D eigenvalue weighted by atomic mass is 16.5. The molecule has 154 valence electrons. The number of hydrogen-bond donors (Lipinski definition) is 0. The number of aryl methyl sites for hydroxylation is 1. The molecule has 2 aromatic heterocycles. The number of hydrogen-bond acceptors (Lipinski definition) is 6. The first-order chi connectivity index (χ1) is 14.1. The standard InChI is InChI=1S/C22H28N4O3/c1-17-15-25-20(16-24-17)21(27)26-10-6-22(7-11-26)14-18(5-13-29-22)4-12-28-19-2-8-23-9-3-19/h2-3,8-9,15-16,18H,4-7,10-14H2,1H3. The highest BCUT2D eigenvalue weighted by molar-refractivity contribution is 5.92. The Morgan fingerprint density at radius 2 is 2.03 bits per heavy atom. The summed E-state index contributed by atoms with van der Waals surface area (Å²) in [5.74, 6) is 1.43. The molecule has 0 N–H and O–H groups in total. The zero-order valence-corrected chi connectivity index (χ0v) is 16.9. The van der Waals surface area contributed by atoms with Gasteiger partial charge in [-0.2, -0.15) is 0 Å². The van der Waals surface area contributed by atoms with Crippen molar-refractivity contribution in [3.05, 3.63) is 48.3 Å². The molecule has 2 aromatic rings. The molecule has 0 aromatic carbocycles. The summed E-state index contributed by atoms with van der Waals surface area (Å²) in [5.41, 5.74) is 1.13. The molecule has 0 saturated carbocycles. The number of carbonyl (C=O) groups excluding carboxylic acids is 1. The first-order valence-electron chi connectivity index (χ1n) is 10.4. The van der Waals surface area contributed by atoms with E-state index < -0.39 is 0 Å². The Kier molecular flexibility index (Phi) is 6.04. The van der Waals surface area contributed by atoms with Crippen LogP contribution in [0.5, 0.6) is 5.75 Å². The average Bonchev–Trinajstić information content (AvgIpc) is 2.75. The number of ether oxygens (including phenoxy) is 2. The van der Waals surface area contributed by atoms with Gasteiger partial charge in [-0.25, -0.2) is 4.98 Å². The number of amides is 1. The predicted molar refractivity (Wildman–Crippen MR) is 108 cm³/mol. The molecule has 4 rings (SSSR count). The molecular weight excluding hydrogens is 368 g/mol. The first kappa shape index (κ1) is 19.8. The number of rotatable bonds is 5. The maximum atomic E-state index is 12.7. The Labute approximate surface area is 171 Å². The van der Waals surface area contributed by atoms with Gasteiger partial charge in [0, 0.05) is 38.3 Å². The number of carbonyl (C=O) groups is 1. The van der Waals surface area contributed by atoms with Crippen LogP contribution in [0.2, 0.25) is 0 Å². The summed E-state index contributed by atoms with van der Waals surface area (Å²) in [6.45, 7) is 4.77. The second-order valence-electron chi connectivity index (χ2n) is 8.05. The number of aromatic nitrogens is 3. The van der Waals surface area contributed by atoms with E-state index in [1.54, 1.807) is 24.8 Å². The van der Waals surface area contributed by atoms with Gasteiger partial charge in [0.05, 0.1) is 24.1 Å². The van der Waals surface area contributed by atoms with Crippen molar-refractivity contribution < 1.29 is 14.3 Å². The molecule has 4 heterocycles. The molecule has 2 aliphatic rings. The minimum Gasteiger partial charge on any atom is -0.493 e. The smallest absolute Gasteiger partial charge is 0.274 e. The van der Waals surface area contributed by atoms with Crippen LogP contribution >= 0.6 is 0 Å². The fourth-order valence-corrected chi connectivity index (χ4v) is 4.28. The maximum Gasteiger partial charge on any atom is 0.274 e. The monoisotopic (exact) mass is 396 g/mol. The van der Waals surface area contributed by atoms with Crippen LogP contribution in [0.3, 0.4) is 0 Å². The van der Waals surface area contributed by atoms with E-state index >= 15 is 0 Å². The Hall–Kier alpha value is -2.54. The normalized spacial score (nSPS) is 21.1. The largest absolute Gasteiger partial charge is 0.493 e. The van der Waals surface area contributed by atoms with E-state index in [1.165, 1.54) is 0 Å². The van der Waals surface area contributed by atoms with Crippen LogP contribution < -0.4 is 4.74 Å². The molecule has 0 aliphatic carbocycles. The van der Waals surface area contributed by atoms with E-state index in [1.807, 2.05) is 24.0 Å². The lowest BCUT2D eigenvalue weighted by molar-refractivity contribution is -0.125. The van der Waals surface area contributed by atoms with Gasteiger partial charge in [-0.15, -0.1) is 0 Å². The minimum absolute atomic E-state index is 0.0366. The molecule has 1 spiro atoms. The third-order valence-electron chi connectivity index (χ3n) is 6.00. The highest BCUT2D eigenvalue weighted by Crippen LogP contribution is 2.39. The van der Waals surface area contributed by atoms with Crippen molar-refractivity contribution >= 4 is 5.91 Å². The number of nitrogens with zero attached hydrogens (tertiary/aromatic N) is 4. The lowest BCUT2D eigenvalue weighted by Crippen LogP contribution is -2.51. The molecule has 7 nitrogen and oxygen atoms in total. The van der Waals surface area contributed by atoms with Crippen LogP contribution in [-0.2, 0) is 4.74 Å². The topological polar surface area (TPSA) is 77.4 Å². The molecule has 0 bridgehead atoms. The van der Waals surface area contributed by atoms with E-state index in [2.05, 4.69) is 15.0 Å². The summed E-state index contributed by atoms with van der Waals surface area (Å²) < 4.78 is 12.1. The van der Waals surface area contributed by atoms with Crippen LogP contribution in [0, 0.1) is 12.8 Å². The predicted octanol–water partition coefficient (Wildman–Crippen LogP) is 3.05. The van der Waals surface area contributed by atoms with Crippen LogP contribution in [0.1, 0.15) is 48.3 Å². The molecule has 1 atom stereocenters. The van der Waals surface area contributed by atoms with E-state index in [4.69, 9.17) is 9.47 Å². The van der Waals surface area contributed by atoms with Gasteiger partial charge < -0.3 is 14.4 Å². The molecule has 0 radical (unpaired) electrons. The Morgan fingerprint density at radius 1 is 1.24 bits per heavy atom. The lowest BCUT2D eigenvalue weighted by atomic mass is 9.78. The van der Waals surface area contributed by atoms with Crippen molar-refractivity contribution in [2.75, 3.05) is 26.3 Å². The van der Waals surface area contributed by atoms with Gasteiger partial charge in [-0.3, -0.25) is 14.8 Å². The Morgan fingerprint density at radius 3 is 2.76 bits per heavy atom. The summed E-state index contributed by atoms with van der Waals surface area (Å²) in [7, 11) is 0. The van der Waals surface area contributed by atoms with Crippen molar-refractivity contribution in [3.63, 3.8) is 0 Å². The fraction of sp³-hybridized carbons (Fsp3) is 0.545. The number of likely N-dealkylation sites (tertiary alicyclic amines) is 1. The molecule has 2 saturated heterocycles. The number of pyridine rings is 1. The van der Waals surface area contributed by atoms with Crippen LogP contribution in [-0.4, -0.2) is 57.7 Å². The van der Waals surface area contributed by atoms with Gasteiger partial charge >= 0.3 is 0 Å². The van der Waals surface area contributed by atoms with E-state index in [9.17, 15) is 4.79 Å². The Balaban J connectivity index is 1.27. The van der Waals surface area contributed by atoms with E-state index in [-0.39, 0.29) is 11.5 Å². The van der Waals surface area contributed by atoms with Gasteiger partial charge in [-0.05, 0) is 57.1 Å². The molecule has 7 heteroatoms. The molecule has 29 heavy (non-hydrogen) atoms. The average molecular weight is 396 g/mol. The van der Waals surface area contributed by atoms with Crippen molar-refractivity contribution in [2.45, 2.75) is 44.6 Å². The molecule has 2 aliphatic heterocycles. The van der Waals surface area contributed by atoms with Gasteiger partial charge in [0.2, 0.25) is 0 Å². The van der Waals surface area contributed by atoms with E-state index in [0.717, 1.165) is 50.2 Å². The summed E-state index contributed by atoms with van der Waals surface area (Å²) in [6, 6.07) is 3.77. The van der Waals surface area contributed by atoms with Gasteiger partial charge in [0.15, 0.2) is 0 Å². The first-order valence-corrected chi connectivity index (χ1v) is 10.4. The maximum absolute atomic E-state index is 12.7. The van der Waals surface area contributed by atoms with Crippen molar-refractivity contribution in [1.82, 2.24) is 19.9 Å². The zero-order chi connectivity index (χ0) is 20.1. The molecule has 2 fully saturated rings. The van der Waals surface area contributed by atoms with Crippen LogP contribution in [0.25, 0.3) is 0 Å². The number of piperidine rings is 1. The molecule has 1 amide bonds. The summed E-state index contributed by atoms with van der Waals surface area (Å²) in [4.78, 5) is 27.0.